The number of nitrogens with two attached hydrogens (primary N) is 1. The molecule has 156 valence electrons. The van der Waals surface area contributed by atoms with Gasteiger partial charge < -0.3 is 25.0 Å². The molecular formula is C18H25ClN2O6S. The third kappa shape index (κ3) is 6.62. The van der Waals surface area contributed by atoms with E-state index in [0.29, 0.717) is 30.2 Å². The van der Waals surface area contributed by atoms with Gasteiger partial charge in [0.2, 0.25) is 10.0 Å². The molecule has 0 aromatic heterocycles. The van der Waals surface area contributed by atoms with Crippen molar-refractivity contribution in [3.63, 3.8) is 0 Å². The van der Waals surface area contributed by atoms with E-state index in [-0.39, 0.29) is 29.4 Å². The Morgan fingerprint density at radius 1 is 1.18 bits per heavy atom. The van der Waals surface area contributed by atoms with Crippen LogP contribution >= 0.6 is 12.4 Å². The molecule has 1 atom stereocenters. The van der Waals surface area contributed by atoms with Gasteiger partial charge in [0.1, 0.15) is 6.61 Å². The van der Waals surface area contributed by atoms with Crippen LogP contribution in [0.3, 0.4) is 0 Å². The fourth-order valence-corrected chi connectivity index (χ4v) is 3.30. The summed E-state index contributed by atoms with van der Waals surface area (Å²) in [6.45, 7) is 0.559. The topological polar surface area (TPSA) is 131 Å². The lowest BCUT2D eigenvalue weighted by atomic mass is 10.1. The van der Waals surface area contributed by atoms with Crippen molar-refractivity contribution >= 4 is 22.4 Å². The number of sulfonamides is 1. The molecule has 28 heavy (non-hydrogen) atoms. The number of aliphatic hydroxyl groups is 2. The van der Waals surface area contributed by atoms with E-state index < -0.39 is 22.7 Å². The van der Waals surface area contributed by atoms with Crippen molar-refractivity contribution in [2.45, 2.75) is 17.6 Å². The molecule has 0 amide bonds. The Balaban J connectivity index is 0.00000392. The molecular weight excluding hydrogens is 408 g/mol. The van der Waals surface area contributed by atoms with Gasteiger partial charge in [-0.15, -0.1) is 12.4 Å². The molecule has 8 nitrogen and oxygen atoms in total. The second-order valence-electron chi connectivity index (χ2n) is 5.79. The number of ether oxygens (including phenoxy) is 2. The Morgan fingerprint density at radius 3 is 2.46 bits per heavy atom. The molecule has 5 N–H and O–H groups in total. The average Bonchev–Trinajstić information content (AvgIpc) is 2.66. The van der Waals surface area contributed by atoms with Crippen LogP contribution in [0.25, 0.3) is 0 Å². The van der Waals surface area contributed by atoms with E-state index in [1.165, 1.54) is 12.1 Å². The number of halogens is 1. The quantitative estimate of drug-likeness (QED) is 0.411. The van der Waals surface area contributed by atoms with E-state index in [1.807, 2.05) is 12.1 Å². The van der Waals surface area contributed by atoms with E-state index >= 15 is 0 Å². The molecule has 1 unspecified atom stereocenters. The predicted octanol–water partition coefficient (Wildman–Crippen LogP) is 0.959. The summed E-state index contributed by atoms with van der Waals surface area (Å²) in [6.07, 6.45) is -0.940. The highest BCUT2D eigenvalue weighted by Gasteiger charge is 2.17. The number of hydrogen-bond donors (Lipinski definition) is 4. The summed E-state index contributed by atoms with van der Waals surface area (Å²) in [5, 5.41) is 27.7. The van der Waals surface area contributed by atoms with Crippen LogP contribution in [-0.2, 0) is 16.6 Å². The van der Waals surface area contributed by atoms with Gasteiger partial charge in [0.05, 0.1) is 24.7 Å². The smallest absolute Gasteiger partial charge is 0.238 e. The van der Waals surface area contributed by atoms with Gasteiger partial charge in [-0.3, -0.25) is 0 Å². The van der Waals surface area contributed by atoms with E-state index in [0.717, 1.165) is 0 Å². The van der Waals surface area contributed by atoms with Gasteiger partial charge in [0.25, 0.3) is 0 Å². The van der Waals surface area contributed by atoms with Gasteiger partial charge in [-0.2, -0.15) is 0 Å². The molecule has 0 aliphatic heterocycles. The van der Waals surface area contributed by atoms with Gasteiger partial charge in [0.15, 0.2) is 11.5 Å². The predicted molar refractivity (Wildman–Crippen MR) is 107 cm³/mol. The van der Waals surface area contributed by atoms with Crippen molar-refractivity contribution in [3.8, 4) is 11.5 Å². The van der Waals surface area contributed by atoms with Gasteiger partial charge in [-0.25, -0.2) is 13.6 Å². The highest BCUT2D eigenvalue weighted by Crippen LogP contribution is 2.25. The number of methoxy groups -OCH3 is 1. The fraction of sp³-hybridized carbons (Fsp3) is 0.333. The summed E-state index contributed by atoms with van der Waals surface area (Å²) in [6, 6.07) is 11.5. The minimum atomic E-state index is -3.99. The number of benzene rings is 2. The molecule has 2 aromatic rings. The monoisotopic (exact) mass is 432 g/mol. The Labute approximate surface area is 170 Å². The van der Waals surface area contributed by atoms with E-state index in [4.69, 9.17) is 14.6 Å². The van der Waals surface area contributed by atoms with Crippen LogP contribution in [-0.4, -0.2) is 45.4 Å². The normalized spacial score (nSPS) is 12.1. The number of primary sulfonamides is 1. The van der Waals surface area contributed by atoms with Gasteiger partial charge in [-0.1, -0.05) is 24.3 Å². The minimum absolute atomic E-state index is 0. The molecule has 0 fully saturated rings. The molecule has 0 spiro atoms. The fourth-order valence-electron chi connectivity index (χ4n) is 2.50. The van der Waals surface area contributed by atoms with Crippen molar-refractivity contribution in [1.29, 1.82) is 0 Å². The van der Waals surface area contributed by atoms with Crippen LogP contribution in [0.5, 0.6) is 11.5 Å². The lowest BCUT2D eigenvalue weighted by molar-refractivity contribution is 0.171. The summed E-state index contributed by atoms with van der Waals surface area (Å²) in [5.74, 6) is 1.26. The lowest BCUT2D eigenvalue weighted by Crippen LogP contribution is -2.26. The van der Waals surface area contributed by atoms with Crippen molar-refractivity contribution in [2.24, 2.45) is 5.14 Å². The molecule has 0 aliphatic rings. The van der Waals surface area contributed by atoms with Gasteiger partial charge in [0, 0.05) is 13.1 Å². The van der Waals surface area contributed by atoms with Gasteiger partial charge >= 0.3 is 0 Å². The van der Waals surface area contributed by atoms with Crippen LogP contribution in [0.15, 0.2) is 47.4 Å². The highest BCUT2D eigenvalue weighted by molar-refractivity contribution is 7.89. The third-order valence-electron chi connectivity index (χ3n) is 3.90. The molecule has 0 saturated carbocycles. The van der Waals surface area contributed by atoms with Crippen LogP contribution in [0.1, 0.15) is 17.2 Å². The van der Waals surface area contributed by atoms with Crippen molar-refractivity contribution < 1.29 is 28.1 Å². The molecule has 0 heterocycles. The van der Waals surface area contributed by atoms with Crippen molar-refractivity contribution in [2.75, 3.05) is 26.8 Å². The first kappa shape index (κ1) is 24.2. The molecule has 0 saturated heterocycles. The number of para-hydroxylation sites is 2. The first-order valence-electron chi connectivity index (χ1n) is 8.28. The first-order chi connectivity index (χ1) is 12.9. The average molecular weight is 433 g/mol. The zero-order valence-corrected chi connectivity index (χ0v) is 17.0. The lowest BCUT2D eigenvalue weighted by Gasteiger charge is -2.15. The maximum atomic E-state index is 11.6. The molecule has 10 heteroatoms. The highest BCUT2D eigenvalue weighted by atomic mass is 35.5. The Morgan fingerprint density at radius 2 is 1.86 bits per heavy atom. The van der Waals surface area contributed by atoms with E-state index in [1.54, 1.807) is 25.3 Å². The van der Waals surface area contributed by atoms with Crippen LogP contribution in [0.4, 0.5) is 0 Å². The largest absolute Gasteiger partial charge is 0.493 e. The summed E-state index contributed by atoms with van der Waals surface area (Å²) in [5.41, 5.74) is 0.570. The van der Waals surface area contributed by atoms with E-state index in [2.05, 4.69) is 5.32 Å². The third-order valence-corrected chi connectivity index (χ3v) is 4.89. The Kier molecular flexibility index (Phi) is 9.66. The number of rotatable bonds is 10. The summed E-state index contributed by atoms with van der Waals surface area (Å²) >= 11 is 0. The molecule has 0 aliphatic carbocycles. The second-order valence-corrected chi connectivity index (χ2v) is 7.32. The first-order valence-corrected chi connectivity index (χ1v) is 9.82. The zero-order chi connectivity index (χ0) is 19.9. The van der Waals surface area contributed by atoms with Crippen LogP contribution in [0, 0.1) is 0 Å². The standard InChI is InChI=1S/C18H24N2O6S.ClH/c1-25-16-4-2-3-5-17(16)26-9-8-20-11-15(22)13-6-7-14(12-21)18(10-13)27(19,23)24;/h2-7,10,15,20-22H,8-9,11-12H2,1H3,(H2,19,23,24);1H. The second kappa shape index (κ2) is 11.2. The van der Waals surface area contributed by atoms with Gasteiger partial charge in [-0.05, 0) is 29.3 Å². The maximum absolute atomic E-state index is 11.6. The Bertz CT molecular complexity index is 863. The van der Waals surface area contributed by atoms with Crippen molar-refractivity contribution in [3.05, 3.63) is 53.6 Å². The van der Waals surface area contributed by atoms with Crippen LogP contribution < -0.4 is 19.9 Å². The Hall–Kier alpha value is -1.88. The number of nitrogens with one attached hydrogen (secondary N) is 1. The maximum Gasteiger partial charge on any atom is 0.238 e. The number of aliphatic hydroxyl groups excluding tert-OH is 2. The summed E-state index contributed by atoms with van der Waals surface area (Å²) in [4.78, 5) is -0.193. The molecule has 0 bridgehead atoms. The molecule has 0 radical (unpaired) electrons. The molecule has 2 rings (SSSR count). The van der Waals surface area contributed by atoms with Crippen LogP contribution in [0.2, 0.25) is 0 Å². The van der Waals surface area contributed by atoms with Crippen molar-refractivity contribution in [1.82, 2.24) is 5.32 Å². The zero-order valence-electron chi connectivity index (χ0n) is 15.4. The minimum Gasteiger partial charge on any atom is -0.493 e. The summed E-state index contributed by atoms with van der Waals surface area (Å²) < 4.78 is 34.0. The summed E-state index contributed by atoms with van der Waals surface area (Å²) in [7, 11) is -2.43. The SMILES string of the molecule is COc1ccccc1OCCNCC(O)c1ccc(CO)c(S(N)(=O)=O)c1.Cl. The number of hydrogen-bond acceptors (Lipinski definition) is 7. The van der Waals surface area contributed by atoms with E-state index in [9.17, 15) is 18.6 Å². The molecule has 2 aromatic carbocycles.